The summed E-state index contributed by atoms with van der Waals surface area (Å²) in [5, 5.41) is 0. The first-order valence-electron chi connectivity index (χ1n) is 8.40. The van der Waals surface area contributed by atoms with Gasteiger partial charge in [-0.25, -0.2) is 0 Å². The van der Waals surface area contributed by atoms with Gasteiger partial charge in [-0.15, -0.1) is 0 Å². The van der Waals surface area contributed by atoms with Crippen LogP contribution in [-0.4, -0.2) is 0 Å². The molecule has 2 unspecified atom stereocenters. The molecule has 0 N–H and O–H groups in total. The van der Waals surface area contributed by atoms with E-state index in [9.17, 15) is 0 Å². The molecule has 0 fully saturated rings. The fraction of sp³-hybridized carbons (Fsp3) is 0.500. The number of allylic oxidation sites excluding steroid dienone is 10. The minimum atomic E-state index is 0. The third-order valence-corrected chi connectivity index (χ3v) is 5.45. The van der Waals surface area contributed by atoms with Crippen LogP contribution in [0.15, 0.2) is 58.7 Å². The molecule has 122 valence electrons. The summed E-state index contributed by atoms with van der Waals surface area (Å²) in [4.78, 5) is 0. The number of rotatable bonds is 2. The summed E-state index contributed by atoms with van der Waals surface area (Å²) >= 11 is 0. The van der Waals surface area contributed by atoms with E-state index in [1.807, 2.05) is 0 Å². The van der Waals surface area contributed by atoms with Gasteiger partial charge in [0, 0.05) is 11.8 Å². The van der Waals surface area contributed by atoms with Gasteiger partial charge in [-0.05, 0) is 62.5 Å². The van der Waals surface area contributed by atoms with E-state index >= 15 is 0 Å². The van der Waals surface area contributed by atoms with Gasteiger partial charge < -0.3 is 24.8 Å². The van der Waals surface area contributed by atoms with Crippen LogP contribution < -0.4 is 24.8 Å². The van der Waals surface area contributed by atoms with Gasteiger partial charge in [-0.2, -0.15) is 0 Å². The monoisotopic (exact) mass is 424 g/mol. The number of hydrogen-bond donors (Lipinski definition) is 0. The quantitative estimate of drug-likeness (QED) is 0.531. The van der Waals surface area contributed by atoms with Crippen LogP contribution in [0.2, 0.25) is 0 Å². The standard InChI is InChI=1S/C20H24.2ClH.Zr/c1-3-7-19-15(5-1)9-11-17(19)13-14-18-12-10-16-6-2-4-8-20(16)18;;;/h9-14,17-18H,1-8H2;2*1H;/q;;;+2/p-2. The summed E-state index contributed by atoms with van der Waals surface area (Å²) in [6.07, 6.45) is 25.4. The molecule has 0 nitrogen and oxygen atoms in total. The average Bonchev–Trinajstić information content (AvgIpc) is 3.09. The fourth-order valence-corrected chi connectivity index (χ4v) is 4.32. The average molecular weight is 427 g/mol. The second-order valence-corrected chi connectivity index (χ2v) is 6.67. The van der Waals surface area contributed by atoms with Crippen molar-refractivity contribution in [1.29, 1.82) is 0 Å². The Bertz CT molecular complexity index is 516. The van der Waals surface area contributed by atoms with Crippen molar-refractivity contribution in [3.05, 3.63) is 58.7 Å². The van der Waals surface area contributed by atoms with Gasteiger partial charge >= 0.3 is 26.2 Å². The molecule has 23 heavy (non-hydrogen) atoms. The van der Waals surface area contributed by atoms with Gasteiger partial charge in [0.05, 0.1) is 0 Å². The van der Waals surface area contributed by atoms with Gasteiger partial charge in [0.15, 0.2) is 0 Å². The minimum Gasteiger partial charge on any atom is -1.00 e. The molecule has 4 aliphatic carbocycles. The van der Waals surface area contributed by atoms with Crippen molar-refractivity contribution < 1.29 is 51.0 Å². The molecule has 0 aromatic heterocycles. The van der Waals surface area contributed by atoms with Gasteiger partial charge in [0.1, 0.15) is 0 Å². The SMILES string of the molecule is C1=CC(C=CC2C=CC3=C2CCCC3)C2=C1CCCC2.[Cl-].[Cl-].[Zr+2]. The zero-order valence-electron chi connectivity index (χ0n) is 13.5. The maximum atomic E-state index is 2.48. The van der Waals surface area contributed by atoms with Crippen LogP contribution in [0.1, 0.15) is 51.4 Å². The minimum absolute atomic E-state index is 0. The Morgan fingerprint density at radius 2 is 1.04 bits per heavy atom. The zero-order chi connectivity index (χ0) is 13.4. The van der Waals surface area contributed by atoms with Crippen LogP contribution in [0.4, 0.5) is 0 Å². The number of halogens is 2. The van der Waals surface area contributed by atoms with Gasteiger partial charge in [-0.1, -0.05) is 47.6 Å². The van der Waals surface area contributed by atoms with E-state index in [1.54, 1.807) is 22.3 Å². The van der Waals surface area contributed by atoms with Crippen molar-refractivity contribution in [2.75, 3.05) is 0 Å². The summed E-state index contributed by atoms with van der Waals surface area (Å²) in [5.41, 5.74) is 6.72. The maximum absolute atomic E-state index is 2.48. The Hall–Kier alpha value is 0.163. The Labute approximate surface area is 172 Å². The van der Waals surface area contributed by atoms with Crippen LogP contribution >= 0.6 is 0 Å². The topological polar surface area (TPSA) is 0 Å². The smallest absolute Gasteiger partial charge is 1.00 e. The van der Waals surface area contributed by atoms with E-state index in [-0.39, 0.29) is 51.0 Å². The first-order valence-corrected chi connectivity index (χ1v) is 8.40. The van der Waals surface area contributed by atoms with E-state index in [1.165, 1.54) is 51.4 Å². The largest absolute Gasteiger partial charge is 2.00 e. The van der Waals surface area contributed by atoms with Crippen LogP contribution in [0.5, 0.6) is 0 Å². The summed E-state index contributed by atoms with van der Waals surface area (Å²) < 4.78 is 0. The van der Waals surface area contributed by atoms with Crippen molar-refractivity contribution in [2.24, 2.45) is 11.8 Å². The normalized spacial score (nSPS) is 28.2. The molecule has 0 bridgehead atoms. The molecule has 0 aromatic carbocycles. The Kier molecular flexibility index (Phi) is 8.85. The van der Waals surface area contributed by atoms with Gasteiger partial charge in [-0.3, -0.25) is 0 Å². The van der Waals surface area contributed by atoms with E-state index in [0.29, 0.717) is 11.8 Å². The summed E-state index contributed by atoms with van der Waals surface area (Å²) in [5.74, 6) is 1.21. The Balaban J connectivity index is 0.000000882. The van der Waals surface area contributed by atoms with Crippen molar-refractivity contribution in [3.8, 4) is 0 Å². The molecule has 0 aliphatic heterocycles. The predicted molar refractivity (Wildman–Crippen MR) is 85.4 cm³/mol. The van der Waals surface area contributed by atoms with Crippen molar-refractivity contribution in [3.63, 3.8) is 0 Å². The van der Waals surface area contributed by atoms with Crippen LogP contribution in [0.25, 0.3) is 0 Å². The summed E-state index contributed by atoms with van der Waals surface area (Å²) in [6, 6.07) is 0. The molecular weight excluding hydrogens is 402 g/mol. The van der Waals surface area contributed by atoms with Crippen LogP contribution in [0.3, 0.4) is 0 Å². The third-order valence-electron chi connectivity index (χ3n) is 5.45. The van der Waals surface area contributed by atoms with Crippen molar-refractivity contribution in [2.45, 2.75) is 51.4 Å². The molecule has 0 saturated carbocycles. The van der Waals surface area contributed by atoms with E-state index < -0.39 is 0 Å². The Morgan fingerprint density at radius 1 is 0.652 bits per heavy atom. The van der Waals surface area contributed by atoms with Crippen molar-refractivity contribution in [1.82, 2.24) is 0 Å². The molecule has 4 aliphatic rings. The van der Waals surface area contributed by atoms with Crippen LogP contribution in [0, 0.1) is 11.8 Å². The molecule has 0 spiro atoms. The van der Waals surface area contributed by atoms with Crippen LogP contribution in [-0.2, 0) is 26.2 Å². The molecule has 0 saturated heterocycles. The third kappa shape index (κ3) is 4.42. The molecule has 0 amide bonds. The summed E-state index contributed by atoms with van der Waals surface area (Å²) in [7, 11) is 0. The van der Waals surface area contributed by atoms with Gasteiger partial charge in [0.2, 0.25) is 0 Å². The molecule has 3 heteroatoms. The predicted octanol–water partition coefficient (Wildman–Crippen LogP) is -0.339. The van der Waals surface area contributed by atoms with E-state index in [2.05, 4.69) is 36.5 Å². The first-order chi connectivity index (χ1) is 9.92. The molecular formula is C20H24Cl2Zr. The molecule has 0 aromatic rings. The number of hydrogen-bond acceptors (Lipinski definition) is 0. The molecule has 0 radical (unpaired) electrons. The summed E-state index contributed by atoms with van der Waals surface area (Å²) in [6.45, 7) is 0. The maximum Gasteiger partial charge on any atom is 2.00 e. The molecule has 4 rings (SSSR count). The fourth-order valence-electron chi connectivity index (χ4n) is 4.32. The first kappa shape index (κ1) is 21.2. The second-order valence-electron chi connectivity index (χ2n) is 6.67. The second kappa shape index (κ2) is 9.60. The van der Waals surface area contributed by atoms with Gasteiger partial charge in [0.25, 0.3) is 0 Å². The Morgan fingerprint density at radius 3 is 1.48 bits per heavy atom. The zero-order valence-corrected chi connectivity index (χ0v) is 17.5. The van der Waals surface area contributed by atoms with E-state index in [0.717, 1.165) is 0 Å². The molecule has 2 atom stereocenters. The van der Waals surface area contributed by atoms with Crippen molar-refractivity contribution >= 4 is 0 Å². The molecule has 0 heterocycles. The van der Waals surface area contributed by atoms with E-state index in [4.69, 9.17) is 0 Å².